The molecule has 1 fully saturated rings. The van der Waals surface area contributed by atoms with Crippen LogP contribution in [0.2, 0.25) is 5.02 Å². The average molecular weight is 500 g/mol. The fraction of sp³-hybridized carbons (Fsp3) is 0.400. The predicted molar refractivity (Wildman–Crippen MR) is 113 cm³/mol. The third kappa shape index (κ3) is 4.84. The molecule has 4 atom stereocenters. The second-order valence-corrected chi connectivity index (χ2v) is 7.84. The molecule has 1 aromatic carbocycles. The van der Waals surface area contributed by atoms with Crippen LogP contribution in [-0.4, -0.2) is 44.3 Å². The number of esters is 2. The number of carbonyl (C=O) groups is 2. The Kier molecular flexibility index (Phi) is 7.17. The van der Waals surface area contributed by atoms with Crippen LogP contribution in [0.4, 0.5) is 10.1 Å². The Bertz CT molecular complexity index is 1270. The van der Waals surface area contributed by atoms with Gasteiger partial charge in [0.2, 0.25) is 5.82 Å². The van der Waals surface area contributed by atoms with Gasteiger partial charge in [0.1, 0.15) is 0 Å². The van der Waals surface area contributed by atoms with E-state index in [0.29, 0.717) is 15.3 Å². The first-order valence-corrected chi connectivity index (χ1v) is 10.2. The minimum Gasteiger partial charge on any atom is -0.456 e. The number of nitro benzene ring substituents is 1. The van der Waals surface area contributed by atoms with E-state index in [1.54, 1.807) is 0 Å². The Morgan fingerprint density at radius 2 is 1.82 bits per heavy atom. The number of carbonyl (C=O) groups excluding carboxylic acids is 2. The van der Waals surface area contributed by atoms with Crippen molar-refractivity contribution >= 4 is 29.2 Å². The normalized spacial score (nSPS) is 21.8. The third-order valence-electron chi connectivity index (χ3n) is 5.06. The summed E-state index contributed by atoms with van der Waals surface area (Å²) in [6.07, 6.45) is -4.27. The molecule has 0 unspecified atom stereocenters. The molecule has 0 spiro atoms. The number of hydrogen-bond acceptors (Lipinski definition) is 9. The van der Waals surface area contributed by atoms with Gasteiger partial charge in [-0.05, 0) is 13.0 Å². The van der Waals surface area contributed by atoms with Crippen molar-refractivity contribution in [2.75, 3.05) is 0 Å². The van der Waals surface area contributed by atoms with Crippen LogP contribution in [0, 0.1) is 15.9 Å². The van der Waals surface area contributed by atoms with Gasteiger partial charge in [-0.15, -0.1) is 0 Å². The Morgan fingerprint density at radius 3 is 2.41 bits per heavy atom. The predicted octanol–water partition coefficient (Wildman–Crippen LogP) is 1.54. The first-order chi connectivity index (χ1) is 15.9. The molecule has 1 aliphatic heterocycles. The number of aromatic nitrogens is 2. The van der Waals surface area contributed by atoms with Crippen molar-refractivity contribution in [3.05, 3.63) is 71.8 Å². The highest BCUT2D eigenvalue weighted by molar-refractivity contribution is 6.31. The minimum atomic E-state index is -1.47. The quantitative estimate of drug-likeness (QED) is 0.327. The van der Waals surface area contributed by atoms with Gasteiger partial charge in [-0.1, -0.05) is 17.7 Å². The lowest BCUT2D eigenvalue weighted by Crippen LogP contribution is -2.46. The maximum absolute atomic E-state index is 14.6. The van der Waals surface area contributed by atoms with Gasteiger partial charge in [-0.3, -0.25) is 33.6 Å². The van der Waals surface area contributed by atoms with Crippen LogP contribution in [0.1, 0.15) is 32.6 Å². The van der Waals surface area contributed by atoms with Crippen LogP contribution in [-0.2, 0) is 30.3 Å². The highest BCUT2D eigenvalue weighted by atomic mass is 35.5. The molecule has 0 radical (unpaired) electrons. The van der Waals surface area contributed by atoms with Crippen molar-refractivity contribution in [3.63, 3.8) is 0 Å². The van der Waals surface area contributed by atoms with Crippen molar-refractivity contribution in [2.45, 2.75) is 51.9 Å². The molecule has 0 saturated carbocycles. The molecule has 0 amide bonds. The standard InChI is InChI=1S/C20H19ClFN3O9/c1-9-16(33-10(2)26)17(34-11(3)27)19(32-9)24-8-14(22)18(28)23(20(24)29)7-12-13(21)5-4-6-15(12)25(30)31/h4-6,8-9,16-17,19H,7H2,1-3H3/t9-,16-,17-,19-/m1/s1. The molecular formula is C20H19ClFN3O9. The average Bonchev–Trinajstić information content (AvgIpc) is 3.03. The first-order valence-electron chi connectivity index (χ1n) is 9.85. The van der Waals surface area contributed by atoms with E-state index in [2.05, 4.69) is 0 Å². The van der Waals surface area contributed by atoms with Crippen molar-refractivity contribution in [2.24, 2.45) is 0 Å². The van der Waals surface area contributed by atoms with Gasteiger partial charge < -0.3 is 14.2 Å². The van der Waals surface area contributed by atoms with Crippen LogP contribution in [0.25, 0.3) is 0 Å². The summed E-state index contributed by atoms with van der Waals surface area (Å²) in [5, 5.41) is 11.3. The van der Waals surface area contributed by atoms with E-state index in [4.69, 9.17) is 25.8 Å². The molecule has 3 rings (SSSR count). The van der Waals surface area contributed by atoms with E-state index < -0.39 is 70.7 Å². The molecular weight excluding hydrogens is 481 g/mol. The minimum absolute atomic E-state index is 0.116. The van der Waals surface area contributed by atoms with Crippen LogP contribution < -0.4 is 11.2 Å². The van der Waals surface area contributed by atoms with E-state index in [9.17, 15) is 33.7 Å². The zero-order chi connectivity index (χ0) is 25.3. The van der Waals surface area contributed by atoms with Crippen LogP contribution in [0.5, 0.6) is 0 Å². The number of halogens is 2. The summed E-state index contributed by atoms with van der Waals surface area (Å²) in [6.45, 7) is 2.95. The van der Waals surface area contributed by atoms with Gasteiger partial charge in [0.05, 0.1) is 34.4 Å². The van der Waals surface area contributed by atoms with Crippen LogP contribution >= 0.6 is 11.6 Å². The molecule has 1 saturated heterocycles. The molecule has 2 heterocycles. The number of ether oxygens (including phenoxy) is 3. The van der Waals surface area contributed by atoms with Crippen molar-refractivity contribution in [3.8, 4) is 0 Å². The summed E-state index contributed by atoms with van der Waals surface area (Å²) in [6, 6.07) is 3.74. The summed E-state index contributed by atoms with van der Waals surface area (Å²) in [4.78, 5) is 59.4. The van der Waals surface area contributed by atoms with Gasteiger partial charge in [-0.2, -0.15) is 4.39 Å². The summed E-state index contributed by atoms with van der Waals surface area (Å²) in [7, 11) is 0. The van der Waals surface area contributed by atoms with Gasteiger partial charge in [0.25, 0.3) is 11.2 Å². The topological polar surface area (TPSA) is 149 Å². The van der Waals surface area contributed by atoms with E-state index in [1.165, 1.54) is 19.1 Å². The highest BCUT2D eigenvalue weighted by Gasteiger charge is 2.48. The number of nitro groups is 1. The second kappa shape index (κ2) is 9.73. The number of benzene rings is 1. The summed E-state index contributed by atoms with van der Waals surface area (Å²) in [5.74, 6) is -2.89. The fourth-order valence-corrected chi connectivity index (χ4v) is 3.87. The van der Waals surface area contributed by atoms with Crippen molar-refractivity contribution in [1.82, 2.24) is 9.13 Å². The zero-order valence-electron chi connectivity index (χ0n) is 18.1. The van der Waals surface area contributed by atoms with E-state index in [-0.39, 0.29) is 10.6 Å². The first kappa shape index (κ1) is 25.1. The maximum atomic E-state index is 14.6. The van der Waals surface area contributed by atoms with Gasteiger partial charge in [-0.25, -0.2) is 4.79 Å². The Balaban J connectivity index is 2.14. The van der Waals surface area contributed by atoms with E-state index in [0.717, 1.165) is 19.9 Å². The molecule has 1 aliphatic rings. The summed E-state index contributed by atoms with van der Waals surface area (Å²) >= 11 is 6.05. The fourth-order valence-electron chi connectivity index (χ4n) is 3.64. The smallest absolute Gasteiger partial charge is 0.333 e. The summed E-state index contributed by atoms with van der Waals surface area (Å²) < 4.78 is 31.7. The largest absolute Gasteiger partial charge is 0.456 e. The van der Waals surface area contributed by atoms with E-state index in [1.807, 2.05) is 0 Å². The molecule has 1 aromatic heterocycles. The van der Waals surface area contributed by atoms with Gasteiger partial charge >= 0.3 is 17.6 Å². The Labute approximate surface area is 195 Å². The lowest BCUT2D eigenvalue weighted by Gasteiger charge is -2.24. The molecule has 12 nitrogen and oxygen atoms in total. The van der Waals surface area contributed by atoms with Crippen molar-refractivity contribution in [1.29, 1.82) is 0 Å². The molecule has 0 bridgehead atoms. The zero-order valence-corrected chi connectivity index (χ0v) is 18.9. The molecule has 182 valence electrons. The van der Waals surface area contributed by atoms with Crippen LogP contribution in [0.15, 0.2) is 34.0 Å². The lowest BCUT2D eigenvalue weighted by atomic mass is 10.1. The van der Waals surface area contributed by atoms with Crippen molar-refractivity contribution < 1.29 is 33.1 Å². The van der Waals surface area contributed by atoms with Gasteiger partial charge in [0.15, 0.2) is 18.4 Å². The Morgan fingerprint density at radius 1 is 1.21 bits per heavy atom. The number of hydrogen-bond donors (Lipinski definition) is 0. The second-order valence-electron chi connectivity index (χ2n) is 7.43. The lowest BCUT2D eigenvalue weighted by molar-refractivity contribution is -0.385. The third-order valence-corrected chi connectivity index (χ3v) is 5.41. The van der Waals surface area contributed by atoms with E-state index >= 15 is 0 Å². The SMILES string of the molecule is CC(=O)O[C@@H]1[C@H](OC(C)=O)[C@@H](C)O[C@H]1n1cc(F)c(=O)n(Cc2c(Cl)cccc2[N+](=O)[O-])c1=O. The van der Waals surface area contributed by atoms with Crippen LogP contribution in [0.3, 0.4) is 0 Å². The molecule has 34 heavy (non-hydrogen) atoms. The number of rotatable bonds is 6. The monoisotopic (exact) mass is 499 g/mol. The summed E-state index contributed by atoms with van der Waals surface area (Å²) in [5.41, 5.74) is -3.16. The highest BCUT2D eigenvalue weighted by Crippen LogP contribution is 2.33. The Hall–Kier alpha value is -3.58. The molecule has 0 aliphatic carbocycles. The molecule has 0 N–H and O–H groups in total. The molecule has 2 aromatic rings. The van der Waals surface area contributed by atoms with Gasteiger partial charge in [0, 0.05) is 19.9 Å². The molecule has 14 heteroatoms. The number of nitrogens with zero attached hydrogens (tertiary/aromatic N) is 3. The maximum Gasteiger partial charge on any atom is 0.333 e.